The van der Waals surface area contributed by atoms with Crippen LogP contribution in [0.3, 0.4) is 0 Å². The van der Waals surface area contributed by atoms with Crippen molar-refractivity contribution < 1.29 is 22.7 Å². The fraction of sp³-hybridized carbons (Fsp3) is 0.692. The Morgan fingerprint density at radius 3 is 2.70 bits per heavy atom. The van der Waals surface area contributed by atoms with E-state index in [-0.39, 0.29) is 17.3 Å². The summed E-state index contributed by atoms with van der Waals surface area (Å²) in [5, 5.41) is 9.71. The molecule has 0 saturated carbocycles. The summed E-state index contributed by atoms with van der Waals surface area (Å²) in [5.74, 6) is 0.261. The Kier molecular flexibility index (Phi) is 5.40. The van der Waals surface area contributed by atoms with Gasteiger partial charge >= 0.3 is 6.18 Å². The van der Waals surface area contributed by atoms with E-state index in [0.717, 1.165) is 0 Å². The van der Waals surface area contributed by atoms with Gasteiger partial charge in [0.2, 0.25) is 5.88 Å². The lowest BCUT2D eigenvalue weighted by Crippen LogP contribution is -2.26. The largest absolute Gasteiger partial charge is 0.481 e. The van der Waals surface area contributed by atoms with Crippen LogP contribution < -0.4 is 4.74 Å². The number of oxime groups is 1. The van der Waals surface area contributed by atoms with Gasteiger partial charge in [-0.15, -0.1) is 11.6 Å². The van der Waals surface area contributed by atoms with Gasteiger partial charge in [-0.25, -0.2) is 5.10 Å². The van der Waals surface area contributed by atoms with Crippen molar-refractivity contribution in [1.29, 1.82) is 0 Å². The van der Waals surface area contributed by atoms with Crippen LogP contribution >= 0.6 is 23.4 Å². The zero-order chi connectivity index (χ0) is 17.3. The van der Waals surface area contributed by atoms with Crippen LogP contribution in [0.15, 0.2) is 5.16 Å². The van der Waals surface area contributed by atoms with Gasteiger partial charge < -0.3 is 9.57 Å². The van der Waals surface area contributed by atoms with Crippen LogP contribution in [0, 0.1) is 0 Å². The van der Waals surface area contributed by atoms with Crippen molar-refractivity contribution in [1.82, 2.24) is 10.2 Å². The first-order valence-corrected chi connectivity index (χ1v) is 8.32. The summed E-state index contributed by atoms with van der Waals surface area (Å²) >= 11 is 7.04. The van der Waals surface area contributed by atoms with Gasteiger partial charge in [-0.2, -0.15) is 18.3 Å². The first kappa shape index (κ1) is 18.3. The van der Waals surface area contributed by atoms with Crippen LogP contribution in [0.4, 0.5) is 13.2 Å². The maximum atomic E-state index is 13.2. The van der Waals surface area contributed by atoms with E-state index in [0.29, 0.717) is 17.9 Å². The number of thioether (sulfide) groups is 1. The number of alkyl halides is 4. The minimum absolute atomic E-state index is 0.00493. The van der Waals surface area contributed by atoms with Crippen LogP contribution in [-0.2, 0) is 11.0 Å². The molecular weight excluding hydrogens is 355 g/mol. The molecule has 0 aliphatic carbocycles. The quantitative estimate of drug-likeness (QED) is 0.781. The summed E-state index contributed by atoms with van der Waals surface area (Å²) in [7, 11) is 1.30. The third-order valence-corrected chi connectivity index (χ3v) is 5.30. The van der Waals surface area contributed by atoms with Crippen molar-refractivity contribution in [2.24, 2.45) is 5.16 Å². The number of hydrogen-bond donors (Lipinski definition) is 1. The maximum Gasteiger partial charge on any atom is 0.435 e. The van der Waals surface area contributed by atoms with Gasteiger partial charge in [0, 0.05) is 11.7 Å². The van der Waals surface area contributed by atoms with Gasteiger partial charge in [0.05, 0.1) is 18.6 Å². The first-order chi connectivity index (χ1) is 10.7. The predicted octanol–water partition coefficient (Wildman–Crippen LogP) is 4.35. The fourth-order valence-corrected chi connectivity index (χ4v) is 3.64. The number of nitrogens with one attached hydrogen (secondary N) is 1. The van der Waals surface area contributed by atoms with Crippen molar-refractivity contribution >= 4 is 28.4 Å². The second-order valence-corrected chi connectivity index (χ2v) is 6.91. The molecule has 10 heteroatoms. The van der Waals surface area contributed by atoms with Gasteiger partial charge in [-0.3, -0.25) is 0 Å². The summed E-state index contributed by atoms with van der Waals surface area (Å²) in [6.45, 7) is 3.60. The van der Waals surface area contributed by atoms with Gasteiger partial charge in [0.1, 0.15) is 5.04 Å². The Morgan fingerprint density at radius 2 is 2.22 bits per heavy atom. The molecule has 5 nitrogen and oxygen atoms in total. The Labute approximate surface area is 140 Å². The molecule has 23 heavy (non-hydrogen) atoms. The zero-order valence-electron chi connectivity index (χ0n) is 12.8. The molecule has 1 aliphatic heterocycles. The molecule has 2 heterocycles. The van der Waals surface area contributed by atoms with Crippen molar-refractivity contribution in [2.45, 2.75) is 43.7 Å². The van der Waals surface area contributed by atoms with Gasteiger partial charge in [0.25, 0.3) is 0 Å². The van der Waals surface area contributed by atoms with Gasteiger partial charge in [0.15, 0.2) is 11.3 Å². The van der Waals surface area contributed by atoms with Crippen LogP contribution in [-0.4, -0.2) is 33.8 Å². The smallest absolute Gasteiger partial charge is 0.435 e. The number of ether oxygens (including phenoxy) is 1. The summed E-state index contributed by atoms with van der Waals surface area (Å²) in [6.07, 6.45) is -3.66. The highest BCUT2D eigenvalue weighted by Gasteiger charge is 2.42. The molecule has 0 spiro atoms. The molecule has 0 aromatic carbocycles. The second-order valence-electron chi connectivity index (χ2n) is 5.37. The summed E-state index contributed by atoms with van der Waals surface area (Å²) < 4.78 is 44.5. The minimum atomic E-state index is -4.56. The molecule has 1 aliphatic rings. The van der Waals surface area contributed by atoms with E-state index < -0.39 is 22.7 Å². The monoisotopic (exact) mass is 371 g/mol. The van der Waals surface area contributed by atoms with E-state index in [2.05, 4.69) is 15.4 Å². The Morgan fingerprint density at radius 1 is 1.52 bits per heavy atom. The molecule has 1 aromatic heterocycles. The molecule has 0 bridgehead atoms. The number of aromatic amines is 1. The molecule has 1 aromatic rings. The number of H-pyrrole nitrogens is 1. The zero-order valence-corrected chi connectivity index (χ0v) is 14.4. The highest BCUT2D eigenvalue weighted by Crippen LogP contribution is 2.46. The lowest BCUT2D eigenvalue weighted by Gasteiger charge is -2.18. The minimum Gasteiger partial charge on any atom is -0.481 e. The van der Waals surface area contributed by atoms with E-state index in [1.54, 1.807) is 13.8 Å². The lowest BCUT2D eigenvalue weighted by molar-refractivity contribution is -0.141. The summed E-state index contributed by atoms with van der Waals surface area (Å²) in [4.78, 5) is 5.28. The fourth-order valence-electron chi connectivity index (χ4n) is 2.20. The van der Waals surface area contributed by atoms with E-state index in [9.17, 15) is 13.2 Å². The highest BCUT2D eigenvalue weighted by atomic mass is 35.5. The van der Waals surface area contributed by atoms with E-state index in [1.165, 1.54) is 18.9 Å². The van der Waals surface area contributed by atoms with Crippen LogP contribution in [0.25, 0.3) is 0 Å². The number of nitrogens with zero attached hydrogens (tertiary/aromatic N) is 2. The number of hydrogen-bond acceptors (Lipinski definition) is 5. The van der Waals surface area contributed by atoms with E-state index >= 15 is 0 Å². The van der Waals surface area contributed by atoms with Crippen LogP contribution in [0.5, 0.6) is 5.88 Å². The average Bonchev–Trinajstić information content (AvgIpc) is 3.08. The Hall–Kier alpha value is -1.09. The van der Waals surface area contributed by atoms with Crippen molar-refractivity contribution in [3.63, 3.8) is 0 Å². The number of halogens is 4. The third kappa shape index (κ3) is 3.88. The Bertz CT molecular complexity index is 594. The van der Waals surface area contributed by atoms with E-state index in [1.807, 2.05) is 0 Å². The van der Waals surface area contributed by atoms with E-state index in [4.69, 9.17) is 21.2 Å². The third-order valence-electron chi connectivity index (χ3n) is 3.39. The second kappa shape index (κ2) is 6.80. The van der Waals surface area contributed by atoms with Crippen molar-refractivity contribution in [3.8, 4) is 5.88 Å². The molecule has 0 radical (unpaired) electrons. The maximum absolute atomic E-state index is 13.2. The van der Waals surface area contributed by atoms with Crippen molar-refractivity contribution in [2.75, 3.05) is 13.0 Å². The predicted molar refractivity (Wildman–Crippen MR) is 83.0 cm³/mol. The molecule has 1 N–H and O–H groups in total. The molecule has 0 fully saturated rings. The van der Waals surface area contributed by atoms with Crippen LogP contribution in [0.1, 0.15) is 43.2 Å². The SMILES string of the molecule is CCC(SC1=NOC(C)(CCl)C1)c1c(C(F)(F)F)n[nH]c1OC. The van der Waals surface area contributed by atoms with Crippen LogP contribution in [0.2, 0.25) is 0 Å². The number of aromatic nitrogens is 2. The summed E-state index contributed by atoms with van der Waals surface area (Å²) in [5.41, 5.74) is -1.59. The first-order valence-electron chi connectivity index (χ1n) is 6.91. The molecule has 2 rings (SSSR count). The van der Waals surface area contributed by atoms with Gasteiger partial charge in [-0.05, 0) is 13.3 Å². The molecule has 0 saturated heterocycles. The summed E-state index contributed by atoms with van der Waals surface area (Å²) in [6, 6.07) is 0. The standard InChI is InChI=1S/C13H17ClF3N3O2S/c1-4-7(23-8-5-12(2,6-14)22-20-8)9-10(13(15,16)17)18-19-11(9)21-3/h7H,4-6H2,1-3H3,(H,18,19). The van der Waals surface area contributed by atoms with Crippen molar-refractivity contribution in [3.05, 3.63) is 11.3 Å². The molecule has 2 atom stereocenters. The molecular formula is C13H17ClF3N3O2S. The highest BCUT2D eigenvalue weighted by molar-refractivity contribution is 8.14. The normalized spacial score (nSPS) is 22.7. The average molecular weight is 372 g/mol. The molecule has 0 amide bonds. The molecule has 2 unspecified atom stereocenters. The lowest BCUT2D eigenvalue weighted by atomic mass is 10.1. The number of rotatable bonds is 5. The Balaban J connectivity index is 2.27. The molecule has 130 valence electrons. The topological polar surface area (TPSA) is 59.5 Å². The number of methoxy groups -OCH3 is 1. The van der Waals surface area contributed by atoms with Gasteiger partial charge in [-0.1, -0.05) is 23.8 Å².